The van der Waals surface area contributed by atoms with Gasteiger partial charge in [-0.2, -0.15) is 8.78 Å². The van der Waals surface area contributed by atoms with Crippen LogP contribution in [-0.2, 0) is 0 Å². The van der Waals surface area contributed by atoms with Crippen molar-refractivity contribution >= 4 is 34.1 Å². The lowest BCUT2D eigenvalue weighted by Crippen LogP contribution is -2.12. The average molecular weight is 407 g/mol. The van der Waals surface area contributed by atoms with Gasteiger partial charge in [-0.3, -0.25) is 10.1 Å². The molecular formula is C18H15F2N3O2S2. The molecule has 2 aromatic heterocycles. The second-order valence-electron chi connectivity index (χ2n) is 5.18. The number of aromatic nitrogens is 2. The van der Waals surface area contributed by atoms with Crippen molar-refractivity contribution < 1.29 is 18.3 Å². The van der Waals surface area contributed by atoms with Crippen molar-refractivity contribution in [3.8, 4) is 17.0 Å². The molecule has 0 aliphatic carbocycles. The van der Waals surface area contributed by atoms with E-state index in [1.54, 1.807) is 53.7 Å². The van der Waals surface area contributed by atoms with Gasteiger partial charge in [-0.25, -0.2) is 9.97 Å². The maximum Gasteiger partial charge on any atom is 0.387 e. The number of alkyl halides is 2. The molecule has 0 atom stereocenters. The SMILES string of the molecule is CCSc1cc(C(=O)Nc2nc(-c3ccccc3OC(F)F)cs2)ccn1. The molecule has 0 radical (unpaired) electrons. The van der Waals surface area contributed by atoms with Gasteiger partial charge in [0.05, 0.1) is 10.7 Å². The number of halogens is 2. The van der Waals surface area contributed by atoms with Crippen LogP contribution in [0.1, 0.15) is 17.3 Å². The van der Waals surface area contributed by atoms with Crippen LogP contribution in [0.4, 0.5) is 13.9 Å². The molecule has 0 saturated heterocycles. The van der Waals surface area contributed by atoms with Gasteiger partial charge >= 0.3 is 6.61 Å². The van der Waals surface area contributed by atoms with Gasteiger partial charge in [0.25, 0.3) is 5.91 Å². The van der Waals surface area contributed by atoms with Crippen LogP contribution < -0.4 is 10.1 Å². The summed E-state index contributed by atoms with van der Waals surface area (Å²) in [7, 11) is 0. The van der Waals surface area contributed by atoms with Crippen molar-refractivity contribution in [3.63, 3.8) is 0 Å². The van der Waals surface area contributed by atoms with Crippen LogP contribution in [0.2, 0.25) is 0 Å². The van der Waals surface area contributed by atoms with Crippen LogP contribution in [0.15, 0.2) is 53.0 Å². The summed E-state index contributed by atoms with van der Waals surface area (Å²) in [5, 5.41) is 5.53. The highest BCUT2D eigenvalue weighted by atomic mass is 32.2. The second-order valence-corrected chi connectivity index (χ2v) is 7.32. The molecule has 5 nitrogen and oxygen atoms in total. The monoisotopic (exact) mass is 407 g/mol. The molecule has 140 valence electrons. The summed E-state index contributed by atoms with van der Waals surface area (Å²) < 4.78 is 29.7. The van der Waals surface area contributed by atoms with Crippen molar-refractivity contribution in [2.75, 3.05) is 11.1 Å². The number of anilines is 1. The zero-order valence-corrected chi connectivity index (χ0v) is 15.8. The van der Waals surface area contributed by atoms with Gasteiger partial charge in [-0.15, -0.1) is 23.1 Å². The molecule has 3 aromatic rings. The Morgan fingerprint density at radius 2 is 2.15 bits per heavy atom. The normalized spacial score (nSPS) is 10.8. The van der Waals surface area contributed by atoms with E-state index >= 15 is 0 Å². The standard InChI is InChI=1S/C18H15F2N3O2S2/c1-2-26-15-9-11(7-8-21-15)16(24)23-18-22-13(10-27-18)12-5-3-4-6-14(12)25-17(19)20/h3-10,17H,2H2,1H3,(H,22,23,24). The van der Waals surface area contributed by atoms with Crippen molar-refractivity contribution in [2.24, 2.45) is 0 Å². The average Bonchev–Trinajstić information content (AvgIpc) is 3.10. The van der Waals surface area contributed by atoms with Crippen LogP contribution in [0.25, 0.3) is 11.3 Å². The van der Waals surface area contributed by atoms with E-state index in [2.05, 4.69) is 20.0 Å². The van der Waals surface area contributed by atoms with Crippen molar-refractivity contribution in [2.45, 2.75) is 18.6 Å². The lowest BCUT2D eigenvalue weighted by atomic mass is 10.1. The van der Waals surface area contributed by atoms with Gasteiger partial charge in [-0.1, -0.05) is 19.1 Å². The van der Waals surface area contributed by atoms with Crippen LogP contribution >= 0.6 is 23.1 Å². The van der Waals surface area contributed by atoms with E-state index in [1.807, 2.05) is 6.92 Å². The summed E-state index contributed by atoms with van der Waals surface area (Å²) in [6.07, 6.45) is 1.58. The number of pyridine rings is 1. The summed E-state index contributed by atoms with van der Waals surface area (Å²) in [5.41, 5.74) is 1.35. The molecule has 1 amide bonds. The summed E-state index contributed by atoms with van der Waals surface area (Å²) in [6.45, 7) is -0.919. The number of hydrogen-bond donors (Lipinski definition) is 1. The summed E-state index contributed by atoms with van der Waals surface area (Å²) in [4.78, 5) is 20.9. The van der Waals surface area contributed by atoms with E-state index in [0.29, 0.717) is 22.0 Å². The Kier molecular flexibility index (Phi) is 6.36. The number of carbonyl (C=O) groups is 1. The number of carbonyl (C=O) groups excluding carboxylic acids is 1. The highest BCUT2D eigenvalue weighted by molar-refractivity contribution is 7.99. The van der Waals surface area contributed by atoms with Crippen molar-refractivity contribution in [1.29, 1.82) is 0 Å². The zero-order valence-electron chi connectivity index (χ0n) is 14.2. The molecule has 0 unspecified atom stereocenters. The fourth-order valence-electron chi connectivity index (χ4n) is 2.28. The maximum absolute atomic E-state index is 12.6. The van der Waals surface area contributed by atoms with Gasteiger partial charge in [0.15, 0.2) is 5.13 Å². The molecule has 0 fully saturated rings. The number of benzene rings is 1. The second kappa shape index (κ2) is 8.92. The smallest absolute Gasteiger partial charge is 0.387 e. The number of para-hydroxylation sites is 1. The Balaban J connectivity index is 1.77. The number of nitrogens with one attached hydrogen (secondary N) is 1. The number of amides is 1. The third-order valence-electron chi connectivity index (χ3n) is 3.39. The van der Waals surface area contributed by atoms with Crippen LogP contribution in [-0.4, -0.2) is 28.2 Å². The molecular weight excluding hydrogens is 392 g/mol. The molecule has 0 saturated carbocycles. The largest absolute Gasteiger partial charge is 0.434 e. The van der Waals surface area contributed by atoms with Gasteiger partial charge in [0.1, 0.15) is 5.75 Å². The molecule has 1 aromatic carbocycles. The van der Waals surface area contributed by atoms with E-state index in [0.717, 1.165) is 10.8 Å². The molecule has 0 aliphatic heterocycles. The first-order valence-corrected chi connectivity index (χ1v) is 9.83. The fraction of sp³-hybridized carbons (Fsp3) is 0.167. The highest BCUT2D eigenvalue weighted by Crippen LogP contribution is 2.33. The summed E-state index contributed by atoms with van der Waals surface area (Å²) in [5.74, 6) is 0.577. The minimum atomic E-state index is -2.93. The first-order chi connectivity index (χ1) is 13.1. The van der Waals surface area contributed by atoms with Crippen molar-refractivity contribution in [1.82, 2.24) is 9.97 Å². The Labute approximate surface area is 162 Å². The fourth-order valence-corrected chi connectivity index (χ4v) is 3.63. The number of hydrogen-bond acceptors (Lipinski definition) is 6. The van der Waals surface area contributed by atoms with E-state index in [1.165, 1.54) is 17.4 Å². The quantitative estimate of drug-likeness (QED) is 0.548. The van der Waals surface area contributed by atoms with Gasteiger partial charge in [-0.05, 0) is 30.0 Å². The van der Waals surface area contributed by atoms with Gasteiger partial charge in [0.2, 0.25) is 0 Å². The molecule has 2 heterocycles. The minimum Gasteiger partial charge on any atom is -0.434 e. The van der Waals surface area contributed by atoms with E-state index in [4.69, 9.17) is 0 Å². The lowest BCUT2D eigenvalue weighted by Gasteiger charge is -2.08. The molecule has 27 heavy (non-hydrogen) atoms. The zero-order chi connectivity index (χ0) is 19.2. The van der Waals surface area contributed by atoms with Crippen molar-refractivity contribution in [3.05, 3.63) is 53.5 Å². The molecule has 3 rings (SSSR count). The van der Waals surface area contributed by atoms with E-state index in [9.17, 15) is 13.6 Å². The van der Waals surface area contributed by atoms with E-state index in [-0.39, 0.29) is 11.7 Å². The molecule has 0 aliphatic rings. The maximum atomic E-state index is 12.6. The third kappa shape index (κ3) is 5.01. The molecule has 1 N–H and O–H groups in total. The van der Waals surface area contributed by atoms with Crippen LogP contribution in [0.3, 0.4) is 0 Å². The minimum absolute atomic E-state index is 0.0334. The van der Waals surface area contributed by atoms with Crippen LogP contribution in [0.5, 0.6) is 5.75 Å². The predicted octanol–water partition coefficient (Wildman–Crippen LogP) is 5.17. The number of thiazole rings is 1. The Hall–Kier alpha value is -2.52. The molecule has 9 heteroatoms. The molecule has 0 bridgehead atoms. The van der Waals surface area contributed by atoms with E-state index < -0.39 is 6.61 Å². The summed E-state index contributed by atoms with van der Waals surface area (Å²) >= 11 is 2.74. The third-order valence-corrected chi connectivity index (χ3v) is 4.96. The number of ether oxygens (including phenoxy) is 1. The van der Waals surface area contributed by atoms with Gasteiger partial charge < -0.3 is 4.74 Å². The first kappa shape index (κ1) is 19.2. The Morgan fingerprint density at radius 3 is 2.93 bits per heavy atom. The highest BCUT2D eigenvalue weighted by Gasteiger charge is 2.15. The topological polar surface area (TPSA) is 64.1 Å². The Bertz CT molecular complexity index is 934. The summed E-state index contributed by atoms with van der Waals surface area (Å²) in [6, 6.07) is 9.72. The molecule has 0 spiro atoms. The number of thioether (sulfide) groups is 1. The predicted molar refractivity (Wildman–Crippen MR) is 103 cm³/mol. The first-order valence-electron chi connectivity index (χ1n) is 7.96. The van der Waals surface area contributed by atoms with Gasteiger partial charge in [0, 0.05) is 22.7 Å². The number of rotatable bonds is 7. The lowest BCUT2D eigenvalue weighted by molar-refractivity contribution is -0.0494. The Morgan fingerprint density at radius 1 is 1.33 bits per heavy atom. The van der Waals surface area contributed by atoms with Crippen LogP contribution in [0, 0.1) is 0 Å². The number of nitrogens with zero attached hydrogens (tertiary/aromatic N) is 2.